The van der Waals surface area contributed by atoms with Crippen LogP contribution in [0.3, 0.4) is 0 Å². The molecular formula is C32H28FNO3. The highest BCUT2D eigenvalue weighted by atomic mass is 19.1. The zero-order valence-corrected chi connectivity index (χ0v) is 20.7. The molecular weight excluding hydrogens is 465 g/mol. The Kier molecular flexibility index (Phi) is 7.04. The summed E-state index contributed by atoms with van der Waals surface area (Å²) in [5.41, 5.74) is 5.28. The van der Waals surface area contributed by atoms with Gasteiger partial charge in [-0.25, -0.2) is 4.39 Å². The summed E-state index contributed by atoms with van der Waals surface area (Å²) in [7, 11) is 0. The van der Waals surface area contributed by atoms with Crippen LogP contribution in [-0.4, -0.2) is 10.8 Å². The van der Waals surface area contributed by atoms with Crippen molar-refractivity contribution in [1.29, 1.82) is 0 Å². The highest BCUT2D eigenvalue weighted by Gasteiger charge is 2.29. The molecule has 4 aromatic rings. The first-order valence-electron chi connectivity index (χ1n) is 12.2. The maximum absolute atomic E-state index is 14.4. The van der Waals surface area contributed by atoms with Gasteiger partial charge in [0, 0.05) is 30.3 Å². The average molecular weight is 494 g/mol. The number of allylic oxidation sites excluding steroid dienone is 1. The zero-order valence-electron chi connectivity index (χ0n) is 20.7. The molecule has 0 aliphatic carbocycles. The second-order valence-electron chi connectivity index (χ2n) is 9.21. The van der Waals surface area contributed by atoms with Gasteiger partial charge in [-0.2, -0.15) is 0 Å². The highest BCUT2D eigenvalue weighted by molar-refractivity contribution is 5.98. The van der Waals surface area contributed by atoms with Gasteiger partial charge in [-0.05, 0) is 41.3 Å². The Morgan fingerprint density at radius 1 is 0.811 bits per heavy atom. The van der Waals surface area contributed by atoms with E-state index in [4.69, 9.17) is 9.47 Å². The van der Waals surface area contributed by atoms with Crippen LogP contribution in [0.1, 0.15) is 45.1 Å². The lowest BCUT2D eigenvalue weighted by atomic mass is 10.0. The largest absolute Gasteiger partial charge is 0.488 e. The number of fused-ring (bicyclic) bond motifs is 1. The molecule has 0 unspecified atom stereocenters. The summed E-state index contributed by atoms with van der Waals surface area (Å²) in [4.78, 5) is 15.4. The van der Waals surface area contributed by atoms with Crippen LogP contribution in [0.15, 0.2) is 97.6 Å². The van der Waals surface area contributed by atoms with Crippen molar-refractivity contribution in [3.05, 3.63) is 137 Å². The van der Waals surface area contributed by atoms with Gasteiger partial charge in [-0.1, -0.05) is 79.4 Å². The fourth-order valence-corrected chi connectivity index (χ4v) is 4.47. The van der Waals surface area contributed by atoms with Crippen LogP contribution in [0.2, 0.25) is 0 Å². The van der Waals surface area contributed by atoms with Crippen molar-refractivity contribution in [1.82, 2.24) is 4.90 Å². The Hall–Kier alpha value is -4.38. The van der Waals surface area contributed by atoms with Gasteiger partial charge in [0.25, 0.3) is 5.91 Å². The van der Waals surface area contributed by atoms with E-state index in [0.29, 0.717) is 42.4 Å². The number of benzene rings is 4. The van der Waals surface area contributed by atoms with Crippen LogP contribution in [0.5, 0.6) is 11.5 Å². The summed E-state index contributed by atoms with van der Waals surface area (Å²) in [5.74, 6) is 0.487. The van der Waals surface area contributed by atoms with Crippen molar-refractivity contribution in [2.45, 2.75) is 33.2 Å². The Balaban J connectivity index is 1.49. The molecule has 4 aromatic carbocycles. The number of hydrogen-bond donors (Lipinski definition) is 0. The number of carbonyl (C=O) groups excluding carboxylic acids is 1. The molecule has 0 fully saturated rings. The molecule has 1 amide bonds. The molecule has 1 aliphatic rings. The smallest absolute Gasteiger partial charge is 0.258 e. The third-order valence-corrected chi connectivity index (χ3v) is 6.46. The van der Waals surface area contributed by atoms with Crippen molar-refractivity contribution < 1.29 is 18.7 Å². The summed E-state index contributed by atoms with van der Waals surface area (Å²) in [6, 6.07) is 28.2. The first-order valence-corrected chi connectivity index (χ1v) is 12.2. The Morgan fingerprint density at radius 3 is 1.97 bits per heavy atom. The molecule has 0 atom stereocenters. The monoisotopic (exact) mass is 493 g/mol. The number of rotatable bonds is 8. The predicted octanol–water partition coefficient (Wildman–Crippen LogP) is 7.17. The van der Waals surface area contributed by atoms with E-state index in [0.717, 1.165) is 27.8 Å². The van der Waals surface area contributed by atoms with Crippen LogP contribution in [0, 0.1) is 5.82 Å². The van der Waals surface area contributed by atoms with E-state index in [1.165, 1.54) is 6.07 Å². The fourth-order valence-electron chi connectivity index (χ4n) is 4.47. The van der Waals surface area contributed by atoms with Crippen LogP contribution in [-0.2, 0) is 26.3 Å². The molecule has 0 radical (unpaired) electrons. The molecule has 0 aromatic heterocycles. The van der Waals surface area contributed by atoms with Gasteiger partial charge in [0.1, 0.15) is 30.5 Å². The number of hydrogen-bond acceptors (Lipinski definition) is 3. The number of halogens is 1. The summed E-state index contributed by atoms with van der Waals surface area (Å²) < 4.78 is 26.8. The molecule has 0 saturated carbocycles. The molecule has 0 bridgehead atoms. The minimum atomic E-state index is -0.291. The first kappa shape index (κ1) is 24.3. The van der Waals surface area contributed by atoms with Crippen LogP contribution < -0.4 is 9.47 Å². The van der Waals surface area contributed by atoms with Gasteiger partial charge in [0.2, 0.25) is 0 Å². The van der Waals surface area contributed by atoms with E-state index in [-0.39, 0.29) is 18.3 Å². The van der Waals surface area contributed by atoms with E-state index in [9.17, 15) is 9.18 Å². The van der Waals surface area contributed by atoms with Crippen LogP contribution >= 0.6 is 0 Å². The van der Waals surface area contributed by atoms with Crippen molar-refractivity contribution >= 4 is 11.5 Å². The molecule has 5 heteroatoms. The lowest BCUT2D eigenvalue weighted by Crippen LogP contribution is -2.26. The Morgan fingerprint density at radius 2 is 1.41 bits per heavy atom. The van der Waals surface area contributed by atoms with Crippen molar-refractivity contribution in [3.63, 3.8) is 0 Å². The molecule has 0 saturated heterocycles. The normalized spacial score (nSPS) is 12.2. The van der Waals surface area contributed by atoms with E-state index in [1.54, 1.807) is 23.1 Å². The minimum Gasteiger partial charge on any atom is -0.488 e. The second kappa shape index (κ2) is 10.7. The van der Waals surface area contributed by atoms with E-state index in [2.05, 4.69) is 6.58 Å². The van der Waals surface area contributed by atoms with E-state index < -0.39 is 0 Å². The Labute approximate surface area is 216 Å². The standard InChI is InChI=1S/C32H28FNO3/c1-22(2)26-16-27(32(35)34-18-25-14-9-15-29(33)28(25)19-34)31(37-21-24-12-7-4-8-13-24)17-30(26)36-20-23-10-5-3-6-11-23/h3-17H,1,18-21H2,2H3. The molecule has 5 rings (SSSR count). The zero-order chi connectivity index (χ0) is 25.8. The lowest BCUT2D eigenvalue weighted by Gasteiger charge is -2.21. The molecule has 186 valence electrons. The maximum Gasteiger partial charge on any atom is 0.258 e. The summed E-state index contributed by atoms with van der Waals surface area (Å²) in [6.07, 6.45) is 0. The Bertz CT molecular complexity index is 1430. The third kappa shape index (κ3) is 5.41. The average Bonchev–Trinajstić information content (AvgIpc) is 3.37. The summed E-state index contributed by atoms with van der Waals surface area (Å²) in [5, 5.41) is 0. The molecule has 1 heterocycles. The van der Waals surface area contributed by atoms with Crippen LogP contribution in [0.25, 0.3) is 5.57 Å². The highest BCUT2D eigenvalue weighted by Crippen LogP contribution is 2.36. The molecule has 1 aliphatic heterocycles. The quantitative estimate of drug-likeness (QED) is 0.261. The molecule has 4 nitrogen and oxygen atoms in total. The minimum absolute atomic E-state index is 0.216. The van der Waals surface area contributed by atoms with Gasteiger partial charge < -0.3 is 14.4 Å². The van der Waals surface area contributed by atoms with Crippen molar-refractivity contribution in [2.24, 2.45) is 0 Å². The third-order valence-electron chi connectivity index (χ3n) is 6.46. The van der Waals surface area contributed by atoms with E-state index >= 15 is 0 Å². The number of amides is 1. The van der Waals surface area contributed by atoms with Gasteiger partial charge in [-0.15, -0.1) is 0 Å². The maximum atomic E-state index is 14.4. The second-order valence-corrected chi connectivity index (χ2v) is 9.21. The fraction of sp³-hybridized carbons (Fsp3) is 0.156. The lowest BCUT2D eigenvalue weighted by molar-refractivity contribution is 0.0745. The van der Waals surface area contributed by atoms with Gasteiger partial charge in [0.05, 0.1) is 5.56 Å². The van der Waals surface area contributed by atoms with Gasteiger partial charge in [-0.3, -0.25) is 4.79 Å². The summed E-state index contributed by atoms with van der Waals surface area (Å²) in [6.45, 7) is 7.21. The molecule has 0 N–H and O–H groups in total. The van der Waals surface area contributed by atoms with Gasteiger partial charge in [0.15, 0.2) is 0 Å². The number of carbonyl (C=O) groups is 1. The van der Waals surface area contributed by atoms with Crippen molar-refractivity contribution in [2.75, 3.05) is 0 Å². The predicted molar refractivity (Wildman–Crippen MR) is 143 cm³/mol. The SMILES string of the molecule is C=C(C)c1cc(C(=O)N2Cc3cccc(F)c3C2)c(OCc2ccccc2)cc1OCc1ccccc1. The summed E-state index contributed by atoms with van der Waals surface area (Å²) >= 11 is 0. The molecule has 0 spiro atoms. The van der Waals surface area contributed by atoms with Gasteiger partial charge >= 0.3 is 0 Å². The first-order chi connectivity index (χ1) is 18.0. The number of ether oxygens (including phenoxy) is 2. The number of nitrogens with zero attached hydrogens (tertiary/aromatic N) is 1. The topological polar surface area (TPSA) is 38.8 Å². The van der Waals surface area contributed by atoms with Crippen LogP contribution in [0.4, 0.5) is 4.39 Å². The molecule has 37 heavy (non-hydrogen) atoms. The van der Waals surface area contributed by atoms with Crippen molar-refractivity contribution in [3.8, 4) is 11.5 Å². The van der Waals surface area contributed by atoms with E-state index in [1.807, 2.05) is 73.7 Å².